The van der Waals surface area contributed by atoms with Crippen molar-refractivity contribution in [1.82, 2.24) is 4.89 Å². The Bertz CT molecular complexity index is 493. The van der Waals surface area contributed by atoms with E-state index in [4.69, 9.17) is 9.57 Å². The maximum atomic E-state index is 13.1. The van der Waals surface area contributed by atoms with Gasteiger partial charge < -0.3 is 4.74 Å². The molecule has 0 fully saturated rings. The number of methoxy groups -OCH3 is 1. The van der Waals surface area contributed by atoms with Crippen molar-refractivity contribution in [3.63, 3.8) is 0 Å². The van der Waals surface area contributed by atoms with Gasteiger partial charge in [-0.25, -0.2) is 12.8 Å². The number of hydrogen-bond acceptors (Lipinski definition) is 4. The van der Waals surface area contributed by atoms with Crippen molar-refractivity contribution in [3.8, 4) is 0 Å². The lowest BCUT2D eigenvalue weighted by atomic mass is 10.1. The van der Waals surface area contributed by atoms with E-state index in [-0.39, 0.29) is 18.1 Å². The molecule has 102 valence electrons. The Morgan fingerprint density at radius 3 is 2.28 bits per heavy atom. The molecule has 5 nitrogen and oxygen atoms in total. The summed E-state index contributed by atoms with van der Waals surface area (Å²) in [5, 5.41) is 0. The smallest absolute Gasteiger partial charge is 0.262 e. The van der Waals surface area contributed by atoms with Crippen molar-refractivity contribution < 1.29 is 22.4 Å². The third kappa shape index (κ3) is 3.74. The van der Waals surface area contributed by atoms with Gasteiger partial charge in [-0.1, -0.05) is 4.89 Å². The van der Waals surface area contributed by atoms with Crippen molar-refractivity contribution in [2.24, 2.45) is 0 Å². The van der Waals surface area contributed by atoms with Crippen molar-refractivity contribution in [3.05, 3.63) is 29.1 Å². The van der Waals surface area contributed by atoms with Gasteiger partial charge in [-0.3, -0.25) is 4.84 Å². The molecule has 0 saturated heterocycles. The normalized spacial score (nSPS) is 11.8. The minimum atomic E-state index is -3.81. The molecule has 7 heteroatoms. The molecule has 0 saturated carbocycles. The van der Waals surface area contributed by atoms with Gasteiger partial charge in [0, 0.05) is 7.11 Å². The Balaban J connectivity index is 2.92. The predicted molar refractivity (Wildman–Crippen MR) is 64.0 cm³/mol. The SMILES string of the molecule is COCCONS(=O)(=O)c1c(C)cc(F)cc1C. The molecule has 0 bridgehead atoms. The van der Waals surface area contributed by atoms with Crippen LogP contribution in [0.25, 0.3) is 0 Å². The van der Waals surface area contributed by atoms with Crippen molar-refractivity contribution in [1.29, 1.82) is 0 Å². The lowest BCUT2D eigenvalue weighted by molar-refractivity contribution is 0.0438. The van der Waals surface area contributed by atoms with E-state index in [9.17, 15) is 12.8 Å². The molecule has 0 aliphatic rings. The molecule has 18 heavy (non-hydrogen) atoms. The Morgan fingerprint density at radius 1 is 1.22 bits per heavy atom. The Kier molecular flexibility index (Phi) is 5.21. The van der Waals surface area contributed by atoms with Gasteiger partial charge >= 0.3 is 0 Å². The quantitative estimate of drug-likeness (QED) is 0.629. The summed E-state index contributed by atoms with van der Waals surface area (Å²) in [6, 6.07) is 2.33. The standard InChI is InChI=1S/C11H16FNO4S/c1-8-6-10(12)7-9(2)11(8)18(14,15)13-17-5-4-16-3/h6-7,13H,4-5H2,1-3H3. The first kappa shape index (κ1) is 15.0. The number of benzene rings is 1. The number of ether oxygens (including phenoxy) is 1. The minimum absolute atomic E-state index is 0.0290. The molecule has 1 rings (SSSR count). The van der Waals surface area contributed by atoms with Gasteiger partial charge in [0.2, 0.25) is 0 Å². The largest absolute Gasteiger partial charge is 0.382 e. The van der Waals surface area contributed by atoms with Crippen LogP contribution in [0.5, 0.6) is 0 Å². The number of hydrogen-bond donors (Lipinski definition) is 1. The molecule has 1 aromatic rings. The van der Waals surface area contributed by atoms with Crippen LogP contribution < -0.4 is 4.89 Å². The fourth-order valence-electron chi connectivity index (χ4n) is 1.61. The zero-order chi connectivity index (χ0) is 13.8. The summed E-state index contributed by atoms with van der Waals surface area (Å²) >= 11 is 0. The predicted octanol–water partition coefficient (Wildman–Crippen LogP) is 1.30. The molecule has 0 aromatic heterocycles. The first-order chi connectivity index (χ1) is 8.38. The number of rotatable bonds is 6. The van der Waals surface area contributed by atoms with E-state index < -0.39 is 15.8 Å². The van der Waals surface area contributed by atoms with Crippen LogP contribution in [0.1, 0.15) is 11.1 Å². The van der Waals surface area contributed by atoms with Gasteiger partial charge in [-0.2, -0.15) is 0 Å². The first-order valence-corrected chi connectivity index (χ1v) is 6.76. The molecular formula is C11H16FNO4S. The van der Waals surface area contributed by atoms with Crippen molar-refractivity contribution in [2.45, 2.75) is 18.7 Å². The third-order valence-electron chi connectivity index (χ3n) is 2.25. The molecule has 0 radical (unpaired) electrons. The van der Waals surface area contributed by atoms with E-state index in [2.05, 4.69) is 0 Å². The molecule has 0 aliphatic carbocycles. The summed E-state index contributed by atoms with van der Waals surface area (Å²) in [5.74, 6) is -0.468. The highest BCUT2D eigenvalue weighted by Crippen LogP contribution is 2.21. The lowest BCUT2D eigenvalue weighted by Crippen LogP contribution is -2.27. The van der Waals surface area contributed by atoms with Gasteiger partial charge in [0.15, 0.2) is 0 Å². The van der Waals surface area contributed by atoms with Crippen molar-refractivity contribution in [2.75, 3.05) is 20.3 Å². The molecule has 0 amide bonds. The van der Waals surface area contributed by atoms with Gasteiger partial charge in [-0.05, 0) is 37.1 Å². The second-order valence-corrected chi connectivity index (χ2v) is 5.38. The Hall–Kier alpha value is -1.02. The van der Waals surface area contributed by atoms with Crippen molar-refractivity contribution >= 4 is 10.0 Å². The van der Waals surface area contributed by atoms with Crippen LogP contribution in [0.4, 0.5) is 4.39 Å². The molecule has 1 N–H and O–H groups in total. The molecule has 1 aromatic carbocycles. The Labute approximate surface area is 106 Å². The van der Waals surface area contributed by atoms with Crippen LogP contribution in [0.15, 0.2) is 17.0 Å². The summed E-state index contributed by atoms with van der Waals surface area (Å²) in [6.07, 6.45) is 0. The van der Waals surface area contributed by atoms with Crippen LogP contribution in [-0.4, -0.2) is 28.7 Å². The molecule has 0 aliphatic heterocycles. The second-order valence-electron chi connectivity index (χ2n) is 3.80. The highest BCUT2D eigenvalue weighted by atomic mass is 32.2. The van der Waals surface area contributed by atoms with Gasteiger partial charge in [0.25, 0.3) is 10.0 Å². The summed E-state index contributed by atoms with van der Waals surface area (Å²) in [7, 11) is -2.33. The van der Waals surface area contributed by atoms with Gasteiger partial charge in [-0.15, -0.1) is 0 Å². The number of halogens is 1. The Morgan fingerprint density at radius 2 is 1.78 bits per heavy atom. The summed E-state index contributed by atoms with van der Waals surface area (Å²) in [6.45, 7) is 3.42. The van der Waals surface area contributed by atoms with Gasteiger partial charge in [0.1, 0.15) is 5.82 Å². The average Bonchev–Trinajstić information content (AvgIpc) is 2.22. The van der Waals surface area contributed by atoms with E-state index in [0.717, 1.165) is 12.1 Å². The fraction of sp³-hybridized carbons (Fsp3) is 0.455. The molecule has 0 unspecified atom stereocenters. The molecule has 0 spiro atoms. The van der Waals surface area contributed by atoms with Crippen LogP contribution in [0.2, 0.25) is 0 Å². The van der Waals surface area contributed by atoms with Crippen LogP contribution in [0.3, 0.4) is 0 Å². The molecule has 0 atom stereocenters. The van der Waals surface area contributed by atoms with E-state index in [1.807, 2.05) is 4.89 Å². The first-order valence-electron chi connectivity index (χ1n) is 5.27. The zero-order valence-electron chi connectivity index (χ0n) is 10.5. The van der Waals surface area contributed by atoms with Crippen LogP contribution >= 0.6 is 0 Å². The summed E-state index contributed by atoms with van der Waals surface area (Å²) in [4.78, 5) is 6.79. The maximum absolute atomic E-state index is 13.1. The minimum Gasteiger partial charge on any atom is -0.382 e. The monoisotopic (exact) mass is 277 g/mol. The summed E-state index contributed by atoms with van der Waals surface area (Å²) < 4.78 is 41.7. The van der Waals surface area contributed by atoms with Crippen LogP contribution in [0, 0.1) is 19.7 Å². The molecule has 0 heterocycles. The molecular weight excluding hydrogens is 261 g/mol. The van der Waals surface area contributed by atoms with E-state index in [1.165, 1.54) is 21.0 Å². The van der Waals surface area contributed by atoms with E-state index >= 15 is 0 Å². The lowest BCUT2D eigenvalue weighted by Gasteiger charge is -2.12. The van der Waals surface area contributed by atoms with Gasteiger partial charge in [0.05, 0.1) is 18.1 Å². The van der Waals surface area contributed by atoms with E-state index in [1.54, 1.807) is 0 Å². The maximum Gasteiger partial charge on any atom is 0.262 e. The third-order valence-corrected chi connectivity index (χ3v) is 3.77. The summed E-state index contributed by atoms with van der Waals surface area (Å²) in [5.41, 5.74) is 0.658. The number of sulfonamides is 1. The average molecular weight is 277 g/mol. The topological polar surface area (TPSA) is 64.6 Å². The fourth-order valence-corrected chi connectivity index (χ4v) is 2.89. The second kappa shape index (κ2) is 6.24. The number of aryl methyl sites for hydroxylation is 2. The highest BCUT2D eigenvalue weighted by molar-refractivity contribution is 7.89. The highest BCUT2D eigenvalue weighted by Gasteiger charge is 2.20. The zero-order valence-corrected chi connectivity index (χ0v) is 11.3. The number of nitrogens with one attached hydrogen (secondary N) is 1. The van der Waals surface area contributed by atoms with Crippen LogP contribution in [-0.2, 0) is 19.6 Å². The van der Waals surface area contributed by atoms with E-state index in [0.29, 0.717) is 11.1 Å².